The van der Waals surface area contributed by atoms with Crippen LogP contribution in [-0.4, -0.2) is 16.6 Å². The molecule has 1 N–H and O–H groups in total. The van der Waals surface area contributed by atoms with Crippen molar-refractivity contribution in [1.29, 1.82) is 0 Å². The van der Waals surface area contributed by atoms with Crippen LogP contribution in [0.4, 0.5) is 0 Å². The van der Waals surface area contributed by atoms with Gasteiger partial charge in [-0.2, -0.15) is 0 Å². The van der Waals surface area contributed by atoms with Gasteiger partial charge in [-0.15, -0.1) is 0 Å². The van der Waals surface area contributed by atoms with Gasteiger partial charge in [0, 0.05) is 6.61 Å². The Labute approximate surface area is 110 Å². The fraction of sp³-hybridized carbons (Fsp3) is 0.667. The van der Waals surface area contributed by atoms with E-state index in [2.05, 4.69) is 25.9 Å². The zero-order valence-corrected chi connectivity index (χ0v) is 12.3. The average molecular weight is 303 g/mol. The van der Waals surface area contributed by atoms with E-state index in [0.717, 1.165) is 12.1 Å². The molecule has 96 valence electrons. The molecule has 0 aromatic carbocycles. The Hall–Kier alpha value is -0.680. The van der Waals surface area contributed by atoms with Crippen molar-refractivity contribution in [3.63, 3.8) is 0 Å². The maximum Gasteiger partial charge on any atom is 0.265 e. The maximum absolute atomic E-state index is 11.8. The van der Waals surface area contributed by atoms with Crippen LogP contribution in [0.2, 0.25) is 0 Å². The Morgan fingerprint density at radius 2 is 2.06 bits per heavy atom. The first-order valence-corrected chi connectivity index (χ1v) is 6.71. The number of aromatic nitrogens is 2. The van der Waals surface area contributed by atoms with Gasteiger partial charge in [-0.1, -0.05) is 20.8 Å². The van der Waals surface area contributed by atoms with Crippen LogP contribution in [0.25, 0.3) is 0 Å². The molecule has 0 fully saturated rings. The van der Waals surface area contributed by atoms with Crippen molar-refractivity contribution in [1.82, 2.24) is 9.97 Å². The molecule has 0 saturated carbocycles. The first-order valence-electron chi connectivity index (χ1n) is 5.92. The van der Waals surface area contributed by atoms with Crippen molar-refractivity contribution in [2.24, 2.45) is 0 Å². The van der Waals surface area contributed by atoms with Crippen molar-refractivity contribution < 1.29 is 4.74 Å². The van der Waals surface area contributed by atoms with E-state index < -0.39 is 0 Å². The molecule has 1 rings (SSSR count). The standard InChI is InChI=1S/C12H19BrN2O2/c1-5-8(17-6-2)11-14-10(7(3)4)9(13)12(16)15-11/h7-8H,5-6H2,1-4H3,(H,14,15,16). The third kappa shape index (κ3) is 3.39. The zero-order chi connectivity index (χ0) is 13.0. The third-order valence-corrected chi connectivity index (χ3v) is 3.26. The second kappa shape index (κ2) is 6.31. The molecule has 1 unspecified atom stereocenters. The van der Waals surface area contributed by atoms with Gasteiger partial charge >= 0.3 is 0 Å². The SMILES string of the molecule is CCOC(CC)c1nc(C(C)C)c(Br)c(=O)[nH]1. The predicted octanol–water partition coefficient (Wildman–Crippen LogP) is 3.14. The van der Waals surface area contributed by atoms with Gasteiger partial charge in [-0.25, -0.2) is 4.98 Å². The van der Waals surface area contributed by atoms with Crippen LogP contribution in [0.1, 0.15) is 57.7 Å². The fourth-order valence-electron chi connectivity index (χ4n) is 1.62. The van der Waals surface area contributed by atoms with E-state index in [-0.39, 0.29) is 17.6 Å². The molecule has 4 nitrogen and oxygen atoms in total. The Kier molecular flexibility index (Phi) is 5.33. The molecule has 0 bridgehead atoms. The van der Waals surface area contributed by atoms with Crippen LogP contribution in [0.3, 0.4) is 0 Å². The topological polar surface area (TPSA) is 55.0 Å². The average Bonchev–Trinajstić information content (AvgIpc) is 2.29. The second-order valence-corrected chi connectivity index (χ2v) is 4.95. The van der Waals surface area contributed by atoms with Crippen molar-refractivity contribution in [3.05, 3.63) is 26.3 Å². The molecule has 1 atom stereocenters. The highest BCUT2D eigenvalue weighted by Crippen LogP contribution is 2.22. The monoisotopic (exact) mass is 302 g/mol. The van der Waals surface area contributed by atoms with Gasteiger partial charge in [0.1, 0.15) is 16.4 Å². The van der Waals surface area contributed by atoms with E-state index >= 15 is 0 Å². The molecule has 0 aliphatic carbocycles. The van der Waals surface area contributed by atoms with Crippen LogP contribution < -0.4 is 5.56 Å². The third-order valence-electron chi connectivity index (χ3n) is 2.50. The minimum atomic E-state index is -0.142. The van der Waals surface area contributed by atoms with Crippen molar-refractivity contribution in [2.45, 2.75) is 46.1 Å². The van der Waals surface area contributed by atoms with Crippen LogP contribution in [-0.2, 0) is 4.74 Å². The predicted molar refractivity (Wildman–Crippen MR) is 71.3 cm³/mol. The molecule has 0 radical (unpaired) electrons. The summed E-state index contributed by atoms with van der Waals surface area (Å²) in [5, 5.41) is 0. The number of H-pyrrole nitrogens is 1. The molecule has 1 aromatic rings. The largest absolute Gasteiger partial charge is 0.371 e. The normalized spacial score (nSPS) is 13.1. The summed E-state index contributed by atoms with van der Waals surface area (Å²) in [6.07, 6.45) is 0.647. The zero-order valence-electron chi connectivity index (χ0n) is 10.7. The highest BCUT2D eigenvalue weighted by Gasteiger charge is 2.17. The van der Waals surface area contributed by atoms with Crippen LogP contribution in [0.15, 0.2) is 9.27 Å². The Balaban J connectivity index is 3.22. The van der Waals surface area contributed by atoms with Gasteiger partial charge in [0.25, 0.3) is 5.56 Å². The maximum atomic E-state index is 11.8. The number of ether oxygens (including phenoxy) is 1. The minimum absolute atomic E-state index is 0.140. The van der Waals surface area contributed by atoms with Crippen molar-refractivity contribution >= 4 is 15.9 Å². The lowest BCUT2D eigenvalue weighted by molar-refractivity contribution is 0.0530. The van der Waals surface area contributed by atoms with E-state index in [4.69, 9.17) is 4.74 Å². The van der Waals surface area contributed by atoms with Gasteiger partial charge < -0.3 is 9.72 Å². The van der Waals surface area contributed by atoms with E-state index in [1.54, 1.807) is 0 Å². The van der Waals surface area contributed by atoms with Crippen LogP contribution in [0.5, 0.6) is 0 Å². The van der Waals surface area contributed by atoms with Gasteiger partial charge in [-0.3, -0.25) is 4.79 Å². The van der Waals surface area contributed by atoms with Crippen molar-refractivity contribution in [3.8, 4) is 0 Å². The summed E-state index contributed by atoms with van der Waals surface area (Å²) >= 11 is 3.28. The first kappa shape index (κ1) is 14.4. The minimum Gasteiger partial charge on any atom is -0.371 e. The number of hydrogen-bond donors (Lipinski definition) is 1. The van der Waals surface area contributed by atoms with Crippen molar-refractivity contribution in [2.75, 3.05) is 6.61 Å². The molecule has 1 heterocycles. The number of nitrogens with zero attached hydrogens (tertiary/aromatic N) is 1. The van der Waals surface area contributed by atoms with Crippen LogP contribution >= 0.6 is 15.9 Å². The second-order valence-electron chi connectivity index (χ2n) is 4.16. The smallest absolute Gasteiger partial charge is 0.265 e. The number of halogens is 1. The van der Waals surface area contributed by atoms with E-state index in [9.17, 15) is 4.79 Å². The summed E-state index contributed by atoms with van der Waals surface area (Å²) in [5.74, 6) is 0.816. The Morgan fingerprint density at radius 3 is 2.53 bits per heavy atom. The quantitative estimate of drug-likeness (QED) is 0.909. The lowest BCUT2D eigenvalue weighted by Crippen LogP contribution is -2.19. The molecule has 0 saturated heterocycles. The number of rotatable bonds is 5. The Bertz CT molecular complexity index is 429. The van der Waals surface area contributed by atoms with Gasteiger partial charge in [0.15, 0.2) is 0 Å². The highest BCUT2D eigenvalue weighted by molar-refractivity contribution is 9.10. The van der Waals surface area contributed by atoms with E-state index in [0.29, 0.717) is 16.9 Å². The summed E-state index contributed by atoms with van der Waals surface area (Å²) in [4.78, 5) is 19.1. The summed E-state index contributed by atoms with van der Waals surface area (Å²) in [6.45, 7) is 8.57. The number of aromatic amines is 1. The van der Waals surface area contributed by atoms with E-state index in [1.165, 1.54) is 0 Å². The van der Waals surface area contributed by atoms with Gasteiger partial charge in [0.2, 0.25) is 0 Å². The molecule has 0 aliphatic rings. The molecule has 5 heteroatoms. The first-order chi connectivity index (χ1) is 8.01. The Morgan fingerprint density at radius 1 is 1.41 bits per heavy atom. The lowest BCUT2D eigenvalue weighted by atomic mass is 10.1. The van der Waals surface area contributed by atoms with Gasteiger partial charge in [0.05, 0.1) is 5.69 Å². The molecule has 17 heavy (non-hydrogen) atoms. The molecular formula is C12H19BrN2O2. The number of hydrogen-bond acceptors (Lipinski definition) is 3. The summed E-state index contributed by atoms with van der Waals surface area (Å²) in [6, 6.07) is 0. The molecule has 1 aromatic heterocycles. The van der Waals surface area contributed by atoms with Crippen LogP contribution in [0, 0.1) is 0 Å². The highest BCUT2D eigenvalue weighted by atomic mass is 79.9. The molecule has 0 spiro atoms. The summed E-state index contributed by atoms with van der Waals surface area (Å²) in [5.41, 5.74) is 0.638. The van der Waals surface area contributed by atoms with Gasteiger partial charge in [-0.05, 0) is 35.2 Å². The van der Waals surface area contributed by atoms with E-state index in [1.807, 2.05) is 27.7 Å². The number of nitrogens with one attached hydrogen (secondary N) is 1. The summed E-state index contributed by atoms with van der Waals surface area (Å²) < 4.78 is 6.08. The fourth-order valence-corrected chi connectivity index (χ4v) is 2.27. The molecular weight excluding hydrogens is 284 g/mol. The molecule has 0 amide bonds. The summed E-state index contributed by atoms with van der Waals surface area (Å²) in [7, 11) is 0. The molecule has 0 aliphatic heterocycles. The lowest BCUT2D eigenvalue weighted by Gasteiger charge is -2.16.